The second kappa shape index (κ2) is 36.9. The topological polar surface area (TPSA) is 169 Å². The lowest BCUT2D eigenvalue weighted by atomic mass is 9.68. The molecule has 12 atom stereocenters. The Labute approximate surface area is 558 Å². The van der Waals surface area contributed by atoms with Crippen LogP contribution in [0.2, 0.25) is 0 Å². The number of aldehydes is 1. The summed E-state index contributed by atoms with van der Waals surface area (Å²) in [6, 6.07) is 0. The van der Waals surface area contributed by atoms with Gasteiger partial charge in [0.15, 0.2) is 0 Å². The molecule has 91 heavy (non-hydrogen) atoms. The van der Waals surface area contributed by atoms with E-state index in [4.69, 9.17) is 23.5 Å². The Morgan fingerprint density at radius 1 is 0.484 bits per heavy atom. The summed E-state index contributed by atoms with van der Waals surface area (Å²) >= 11 is 0. The minimum absolute atomic E-state index is 0.0000926. The first-order valence-electron chi connectivity index (χ1n) is 37.0. The van der Waals surface area contributed by atoms with E-state index in [-0.39, 0.29) is 52.7 Å². The van der Waals surface area contributed by atoms with Gasteiger partial charge in [-0.1, -0.05) is 153 Å². The number of carbonyl (C=O) groups is 1. The van der Waals surface area contributed by atoms with Crippen LogP contribution in [-0.4, -0.2) is 107 Å². The van der Waals surface area contributed by atoms with Crippen LogP contribution in [0.25, 0.3) is 0 Å². The van der Waals surface area contributed by atoms with Crippen LogP contribution < -0.4 is 0 Å². The maximum atomic E-state index is 11.1. The summed E-state index contributed by atoms with van der Waals surface area (Å²) in [6.07, 6.45) is 42.1. The zero-order chi connectivity index (χ0) is 68.2. The Balaban J connectivity index is 0.000000229. The number of allylic oxidation sites excluding steroid dienone is 10. The molecule has 0 radical (unpaired) electrons. The SMILES string of the molecule is CCC(O)(CC)C1CC(C)=CCC1CO.CCC(O)(CC)C1CC=C(C)CC1C=O.CCC1(CC)OCC2C=C(C)CCC21.CCC1(CC)OCC2CC(C)=CCC21.CCC1(CC)OCC2CC=C(C)CC21.CCC1(CC)OCC2CCC(C)=CC21.CS(=O)(=O)O. The average Bonchev–Trinajstić information content (AvgIpc) is 1.78. The number of hydrogen-bond acceptors (Lipinski definition) is 10. The lowest BCUT2D eigenvalue weighted by Crippen LogP contribution is -2.43. The molecule has 12 heteroatoms. The largest absolute Gasteiger partial charge is 0.396 e. The van der Waals surface area contributed by atoms with Crippen molar-refractivity contribution < 1.29 is 52.0 Å². The summed E-state index contributed by atoms with van der Waals surface area (Å²) in [5.74, 6) is 6.77. The Hall–Kier alpha value is -2.26. The van der Waals surface area contributed by atoms with Crippen molar-refractivity contribution in [3.8, 4) is 0 Å². The van der Waals surface area contributed by atoms with Crippen LogP contribution in [-0.2, 0) is 33.9 Å². The van der Waals surface area contributed by atoms with E-state index in [1.54, 1.807) is 22.3 Å². The number of fused-ring (bicyclic) bond motifs is 4. The van der Waals surface area contributed by atoms with Crippen molar-refractivity contribution in [1.29, 1.82) is 0 Å². The lowest BCUT2D eigenvalue weighted by molar-refractivity contribution is -0.119. The van der Waals surface area contributed by atoms with Crippen molar-refractivity contribution >= 4 is 16.4 Å². The molecule has 0 aromatic heterocycles. The quantitative estimate of drug-likeness (QED) is 0.0659. The van der Waals surface area contributed by atoms with E-state index in [9.17, 15) is 28.5 Å². The fourth-order valence-electron chi connectivity index (χ4n) is 18.5. The molecule has 4 saturated heterocycles. The molecule has 11 nitrogen and oxygen atoms in total. The summed E-state index contributed by atoms with van der Waals surface area (Å²) in [6.45, 7) is 43.6. The van der Waals surface area contributed by atoms with Crippen LogP contribution >= 0.6 is 0 Å². The van der Waals surface area contributed by atoms with E-state index in [2.05, 4.69) is 133 Å². The molecule has 4 N–H and O–H groups in total. The van der Waals surface area contributed by atoms with Crippen LogP contribution in [0.3, 0.4) is 0 Å². The van der Waals surface area contributed by atoms with Crippen LogP contribution in [0.4, 0.5) is 0 Å². The van der Waals surface area contributed by atoms with Gasteiger partial charge in [-0.25, -0.2) is 0 Å². The monoisotopic (exact) mass is 1290 g/mol. The number of aliphatic hydroxyl groups is 3. The highest BCUT2D eigenvalue weighted by molar-refractivity contribution is 7.85. The summed E-state index contributed by atoms with van der Waals surface area (Å²) in [4.78, 5) is 11.1. The number of carbonyl (C=O) groups excluding carboxylic acids is 1. The van der Waals surface area contributed by atoms with Gasteiger partial charge in [0.2, 0.25) is 0 Å². The van der Waals surface area contributed by atoms with Gasteiger partial charge in [-0.2, -0.15) is 8.42 Å². The van der Waals surface area contributed by atoms with E-state index in [1.165, 1.54) is 101 Å². The summed E-state index contributed by atoms with van der Waals surface area (Å²) in [5.41, 5.74) is 8.45. The Kier molecular flexibility index (Phi) is 32.9. The molecular formula is C79H138O11S. The van der Waals surface area contributed by atoms with Crippen molar-refractivity contribution in [2.24, 2.45) is 71.0 Å². The van der Waals surface area contributed by atoms with E-state index < -0.39 is 21.3 Å². The van der Waals surface area contributed by atoms with Crippen LogP contribution in [0.5, 0.6) is 0 Å². The molecule has 0 aromatic rings. The smallest absolute Gasteiger partial charge is 0.261 e. The lowest BCUT2D eigenvalue weighted by Gasteiger charge is -2.41. The number of ether oxygens (including phenoxy) is 4. The molecule has 0 spiro atoms. The van der Waals surface area contributed by atoms with Crippen molar-refractivity contribution in [1.82, 2.24) is 0 Å². The first kappa shape index (κ1) is 81.2. The number of hydrogen-bond donors (Lipinski definition) is 4. The van der Waals surface area contributed by atoms with Crippen molar-refractivity contribution in [3.05, 3.63) is 69.9 Å². The van der Waals surface area contributed by atoms with Crippen molar-refractivity contribution in [2.75, 3.05) is 39.3 Å². The molecule has 526 valence electrons. The molecule has 10 aliphatic rings. The van der Waals surface area contributed by atoms with Crippen LogP contribution in [0, 0.1) is 71.0 Å². The predicted molar refractivity (Wildman–Crippen MR) is 379 cm³/mol. The summed E-state index contributed by atoms with van der Waals surface area (Å²) in [7, 11) is -3.67. The zero-order valence-electron chi connectivity index (χ0n) is 61.5. The van der Waals surface area contributed by atoms with Gasteiger partial charge in [-0.3, -0.25) is 4.55 Å². The average molecular weight is 1300 g/mol. The van der Waals surface area contributed by atoms with Gasteiger partial charge in [0, 0.05) is 30.3 Å². The molecule has 6 aliphatic carbocycles. The van der Waals surface area contributed by atoms with Crippen molar-refractivity contribution in [2.45, 2.75) is 312 Å². The molecular weight excluding hydrogens is 1160 g/mol. The first-order chi connectivity index (χ1) is 43.0. The van der Waals surface area contributed by atoms with Gasteiger partial charge in [0.25, 0.3) is 10.1 Å². The fourth-order valence-corrected chi connectivity index (χ4v) is 18.5. The summed E-state index contributed by atoms with van der Waals surface area (Å²) in [5, 5.41) is 30.3. The zero-order valence-corrected chi connectivity index (χ0v) is 62.3. The third-order valence-electron chi connectivity index (χ3n) is 25.2. The van der Waals surface area contributed by atoms with Gasteiger partial charge in [0.1, 0.15) is 6.29 Å². The summed E-state index contributed by atoms with van der Waals surface area (Å²) < 4.78 is 50.2. The van der Waals surface area contributed by atoms with Gasteiger partial charge >= 0.3 is 0 Å². The van der Waals surface area contributed by atoms with Gasteiger partial charge in [-0.15, -0.1) is 0 Å². The van der Waals surface area contributed by atoms with Gasteiger partial charge in [-0.05, 0) is 243 Å². The first-order valence-corrected chi connectivity index (χ1v) is 38.8. The maximum Gasteiger partial charge on any atom is 0.261 e. The molecule has 0 amide bonds. The molecule has 10 rings (SSSR count). The Bertz CT molecular complexity index is 2480. The third-order valence-corrected chi connectivity index (χ3v) is 25.2. The Morgan fingerprint density at radius 3 is 1.44 bits per heavy atom. The Morgan fingerprint density at radius 2 is 0.901 bits per heavy atom. The van der Waals surface area contributed by atoms with Crippen molar-refractivity contribution in [3.63, 3.8) is 0 Å². The molecule has 4 aliphatic heterocycles. The number of rotatable bonds is 16. The van der Waals surface area contributed by atoms with Crippen LogP contribution in [0.1, 0.15) is 279 Å². The number of aliphatic hydroxyl groups excluding tert-OH is 1. The third kappa shape index (κ3) is 20.9. The fraction of sp³-hybridized carbons (Fsp3) is 0.835. The molecule has 12 unspecified atom stereocenters. The molecule has 4 heterocycles. The van der Waals surface area contributed by atoms with E-state index in [0.717, 1.165) is 132 Å². The standard InChI is InChI=1S/C13H22O2.C13H24O2.4C13H22O.CH4O3S/c1-4-13(15,5-2)12-7-6-10(3)8-11(12)9-14;1-4-13(15,5-2)12-8-10(3)6-7-11(12)9-14;2*1-4-13(5-2)12-7-6-10(3)8-11(12)9-14-13;2*1-4-13(5-2)12-8-10(3)6-7-11(12)9-14-13;1-5(2,3)4/h6,9,11-12,15H,4-5,7-8H2,1-3H3;6,11-12,14-15H,4-5,7-9H2,1-3H3;8,11-12H,4-7,9H2,1-3H3;6,11-12H,4-5,7-9H2,1-3H3;8,11-12H,4-7,9H2,1-3H3;6,11-12H,4-5,7-9H2,1-3H3;1H3,(H,2,3,4). The molecule has 0 aromatic carbocycles. The second-order valence-corrected chi connectivity index (χ2v) is 31.5. The highest BCUT2D eigenvalue weighted by Gasteiger charge is 2.51. The maximum absolute atomic E-state index is 11.1. The molecule has 0 bridgehead atoms. The molecule has 0 saturated carbocycles. The van der Waals surface area contributed by atoms with Gasteiger partial charge in [0.05, 0.1) is 66.3 Å². The normalized spacial score (nSPS) is 31.4. The highest BCUT2D eigenvalue weighted by atomic mass is 32.2. The minimum atomic E-state index is -3.67. The minimum Gasteiger partial charge on any atom is -0.396 e. The highest BCUT2D eigenvalue weighted by Crippen LogP contribution is 2.52. The van der Waals surface area contributed by atoms with Crippen LogP contribution in [0.15, 0.2) is 69.9 Å². The van der Waals surface area contributed by atoms with E-state index >= 15 is 0 Å². The molecule has 4 fully saturated rings. The van der Waals surface area contributed by atoms with E-state index in [0.29, 0.717) is 18.1 Å². The van der Waals surface area contributed by atoms with E-state index in [1.807, 2.05) is 27.7 Å². The second-order valence-electron chi connectivity index (χ2n) is 30.0. The van der Waals surface area contributed by atoms with Gasteiger partial charge < -0.3 is 39.1 Å². The predicted octanol–water partition coefficient (Wildman–Crippen LogP) is 18.9.